The molecule has 1 saturated carbocycles. The van der Waals surface area contributed by atoms with Crippen molar-refractivity contribution in [1.29, 1.82) is 0 Å². The van der Waals surface area contributed by atoms with E-state index in [4.69, 9.17) is 18.0 Å². The van der Waals surface area contributed by atoms with Crippen molar-refractivity contribution in [3.05, 3.63) is 65.5 Å². The summed E-state index contributed by atoms with van der Waals surface area (Å²) in [5.41, 5.74) is 7.32. The van der Waals surface area contributed by atoms with Crippen molar-refractivity contribution >= 4 is 27.0 Å². The van der Waals surface area contributed by atoms with Gasteiger partial charge in [0.25, 0.3) is 0 Å². The first kappa shape index (κ1) is 16.1. The Kier molecular flexibility index (Phi) is 3.98. The quantitative estimate of drug-likeness (QED) is 0.862. The van der Waals surface area contributed by atoms with Crippen LogP contribution in [0.4, 0.5) is 4.39 Å². The van der Waals surface area contributed by atoms with E-state index in [9.17, 15) is 12.8 Å². The van der Waals surface area contributed by atoms with Crippen molar-refractivity contribution < 1.29 is 12.8 Å². The molecule has 120 valence electrons. The molecular weight excluding hydrogens is 333 g/mol. The Hall–Kier alpha value is -1.79. The molecule has 1 aliphatic rings. The predicted molar refractivity (Wildman–Crippen MR) is 91.6 cm³/mol. The van der Waals surface area contributed by atoms with E-state index in [1.807, 2.05) is 6.92 Å². The third-order valence-corrected chi connectivity index (χ3v) is 6.73. The number of benzene rings is 2. The van der Waals surface area contributed by atoms with Gasteiger partial charge in [0.2, 0.25) is 0 Å². The molecule has 1 aliphatic carbocycles. The standard InChI is InChI=1S/C17H16FNO2S2/c1-10-5-7-13(8-6-10)23(20,21)16-14(15(16)17(19)22)11-3-2-4-12(18)9-11/h2-9,14-16H,1H3,(H2,19,22)/t14-,15-,16+/m0/s1. The third kappa shape index (κ3) is 2.88. The van der Waals surface area contributed by atoms with Gasteiger partial charge in [0.15, 0.2) is 9.84 Å². The first-order valence-corrected chi connectivity index (χ1v) is 9.13. The fourth-order valence-corrected chi connectivity index (χ4v) is 5.54. The summed E-state index contributed by atoms with van der Waals surface area (Å²) in [6.45, 7) is 1.89. The van der Waals surface area contributed by atoms with Crippen LogP contribution in [0, 0.1) is 18.7 Å². The Bertz CT molecular complexity index is 862. The minimum atomic E-state index is -3.58. The molecule has 0 amide bonds. The highest BCUT2D eigenvalue weighted by molar-refractivity contribution is 7.92. The molecule has 0 bridgehead atoms. The number of thiocarbonyl (C=S) groups is 1. The van der Waals surface area contributed by atoms with Gasteiger partial charge < -0.3 is 5.73 Å². The molecule has 1 fully saturated rings. The highest BCUT2D eigenvalue weighted by Gasteiger charge is 2.60. The molecule has 2 aromatic rings. The molecule has 23 heavy (non-hydrogen) atoms. The second kappa shape index (κ2) is 5.69. The molecule has 0 unspecified atom stereocenters. The summed E-state index contributed by atoms with van der Waals surface area (Å²) in [6, 6.07) is 12.6. The predicted octanol–water partition coefficient (Wildman–Crippen LogP) is 2.98. The Balaban J connectivity index is 2.00. The molecule has 0 aromatic heterocycles. The van der Waals surface area contributed by atoms with Gasteiger partial charge in [-0.15, -0.1) is 0 Å². The van der Waals surface area contributed by atoms with Crippen LogP contribution in [0.2, 0.25) is 0 Å². The lowest BCUT2D eigenvalue weighted by Crippen LogP contribution is -2.17. The van der Waals surface area contributed by atoms with E-state index in [1.54, 1.807) is 36.4 Å². The number of aryl methyl sites for hydroxylation is 1. The minimum Gasteiger partial charge on any atom is -0.393 e. The third-order valence-electron chi connectivity index (χ3n) is 4.22. The highest BCUT2D eigenvalue weighted by atomic mass is 32.2. The lowest BCUT2D eigenvalue weighted by molar-refractivity contribution is 0.593. The maximum absolute atomic E-state index is 13.5. The van der Waals surface area contributed by atoms with E-state index in [1.165, 1.54) is 12.1 Å². The van der Waals surface area contributed by atoms with Gasteiger partial charge in [0.05, 0.1) is 15.1 Å². The van der Waals surface area contributed by atoms with E-state index in [0.29, 0.717) is 5.56 Å². The van der Waals surface area contributed by atoms with Crippen molar-refractivity contribution in [3.8, 4) is 0 Å². The van der Waals surface area contributed by atoms with E-state index in [-0.39, 0.29) is 9.88 Å². The zero-order valence-corrected chi connectivity index (χ0v) is 14.1. The Labute approximate surface area is 140 Å². The lowest BCUT2D eigenvalue weighted by Gasteiger charge is -2.05. The van der Waals surface area contributed by atoms with Crippen molar-refractivity contribution in [2.45, 2.75) is 23.0 Å². The maximum Gasteiger partial charge on any atom is 0.182 e. The van der Waals surface area contributed by atoms with Crippen LogP contribution < -0.4 is 5.73 Å². The van der Waals surface area contributed by atoms with Crippen molar-refractivity contribution in [2.75, 3.05) is 0 Å². The summed E-state index contributed by atoms with van der Waals surface area (Å²) in [4.78, 5) is 0.396. The Morgan fingerprint density at radius 3 is 2.39 bits per heavy atom. The number of hydrogen-bond donors (Lipinski definition) is 1. The average molecular weight is 349 g/mol. The zero-order chi connectivity index (χ0) is 16.8. The van der Waals surface area contributed by atoms with Crippen LogP contribution in [0.25, 0.3) is 0 Å². The molecule has 2 aromatic carbocycles. The van der Waals surface area contributed by atoms with Crippen LogP contribution in [0.15, 0.2) is 53.4 Å². The Morgan fingerprint density at radius 1 is 1.17 bits per heavy atom. The topological polar surface area (TPSA) is 60.2 Å². The number of halogens is 1. The molecule has 0 spiro atoms. The zero-order valence-electron chi connectivity index (χ0n) is 12.4. The number of rotatable bonds is 4. The van der Waals surface area contributed by atoms with Gasteiger partial charge in [-0.1, -0.05) is 42.0 Å². The summed E-state index contributed by atoms with van der Waals surface area (Å²) in [7, 11) is -3.58. The van der Waals surface area contributed by atoms with Crippen LogP contribution in [-0.4, -0.2) is 18.7 Å². The van der Waals surface area contributed by atoms with Gasteiger partial charge >= 0.3 is 0 Å². The lowest BCUT2D eigenvalue weighted by atomic mass is 10.1. The fraction of sp³-hybridized carbons (Fsp3) is 0.235. The minimum absolute atomic E-state index is 0.153. The molecule has 3 nitrogen and oxygen atoms in total. The number of sulfone groups is 1. The van der Waals surface area contributed by atoms with Crippen LogP contribution >= 0.6 is 12.2 Å². The maximum atomic E-state index is 13.5. The van der Waals surface area contributed by atoms with Gasteiger partial charge in [-0.25, -0.2) is 12.8 Å². The van der Waals surface area contributed by atoms with Crippen molar-refractivity contribution in [2.24, 2.45) is 11.7 Å². The van der Waals surface area contributed by atoms with Crippen LogP contribution in [0.3, 0.4) is 0 Å². The second-order valence-electron chi connectivity index (χ2n) is 5.83. The first-order valence-electron chi connectivity index (χ1n) is 7.18. The Morgan fingerprint density at radius 2 is 1.83 bits per heavy atom. The molecular formula is C17H16FNO2S2. The van der Waals surface area contributed by atoms with Crippen LogP contribution in [-0.2, 0) is 9.84 Å². The van der Waals surface area contributed by atoms with Gasteiger partial charge in [-0.2, -0.15) is 0 Å². The highest BCUT2D eigenvalue weighted by Crippen LogP contribution is 2.54. The van der Waals surface area contributed by atoms with E-state index >= 15 is 0 Å². The second-order valence-corrected chi connectivity index (χ2v) is 8.41. The molecule has 6 heteroatoms. The molecule has 0 aliphatic heterocycles. The normalized spacial score (nSPS) is 23.5. The number of nitrogens with two attached hydrogens (primary N) is 1. The van der Waals surface area contributed by atoms with E-state index < -0.39 is 32.7 Å². The summed E-state index contributed by atoms with van der Waals surface area (Å²) in [5.74, 6) is -1.25. The average Bonchev–Trinajstić information content (AvgIpc) is 3.24. The molecule has 3 rings (SSSR count). The SMILES string of the molecule is Cc1ccc(S(=O)(=O)[C@H]2[C@@H](C(N)=S)[C@@H]2c2cccc(F)c2)cc1. The van der Waals surface area contributed by atoms with Gasteiger partial charge in [0, 0.05) is 11.8 Å². The summed E-state index contributed by atoms with van der Waals surface area (Å²) in [6.07, 6.45) is 0. The van der Waals surface area contributed by atoms with Gasteiger partial charge in [-0.3, -0.25) is 0 Å². The molecule has 2 N–H and O–H groups in total. The molecule has 0 radical (unpaired) electrons. The monoisotopic (exact) mass is 349 g/mol. The van der Waals surface area contributed by atoms with Crippen molar-refractivity contribution in [3.63, 3.8) is 0 Å². The van der Waals surface area contributed by atoms with Crippen LogP contribution in [0.1, 0.15) is 17.0 Å². The number of hydrogen-bond acceptors (Lipinski definition) is 3. The smallest absolute Gasteiger partial charge is 0.182 e. The van der Waals surface area contributed by atoms with E-state index in [0.717, 1.165) is 5.56 Å². The summed E-state index contributed by atoms with van der Waals surface area (Å²) in [5, 5.41) is -0.732. The molecule has 3 atom stereocenters. The fourth-order valence-electron chi connectivity index (χ4n) is 3.00. The van der Waals surface area contributed by atoms with Gasteiger partial charge in [0.1, 0.15) is 5.82 Å². The first-order chi connectivity index (χ1) is 10.8. The van der Waals surface area contributed by atoms with Crippen LogP contribution in [0.5, 0.6) is 0 Å². The summed E-state index contributed by atoms with van der Waals surface area (Å²) < 4.78 is 39.2. The van der Waals surface area contributed by atoms with Gasteiger partial charge in [-0.05, 0) is 36.8 Å². The molecule has 0 heterocycles. The summed E-state index contributed by atoms with van der Waals surface area (Å²) >= 11 is 5.03. The molecule has 0 saturated heterocycles. The van der Waals surface area contributed by atoms with Crippen molar-refractivity contribution in [1.82, 2.24) is 0 Å². The van der Waals surface area contributed by atoms with E-state index in [2.05, 4.69) is 0 Å². The largest absolute Gasteiger partial charge is 0.393 e.